The third-order valence-electron chi connectivity index (χ3n) is 3.23. The summed E-state index contributed by atoms with van der Waals surface area (Å²) in [7, 11) is 0. The highest BCUT2D eigenvalue weighted by atomic mass is 16.2. The molecule has 1 aliphatic rings. The van der Waals surface area contributed by atoms with Crippen molar-refractivity contribution in [2.75, 3.05) is 5.73 Å². The van der Waals surface area contributed by atoms with Gasteiger partial charge in [-0.05, 0) is 25.4 Å². The first-order valence-electron chi connectivity index (χ1n) is 9.32. The first-order valence-corrected chi connectivity index (χ1v) is 6.11. The van der Waals surface area contributed by atoms with Crippen LogP contribution in [0.4, 0.5) is 5.69 Å². The van der Waals surface area contributed by atoms with Crippen molar-refractivity contribution in [3.63, 3.8) is 0 Å². The average Bonchev–Trinajstić information content (AvgIpc) is 2.56. The molecule has 1 saturated carbocycles. The number of rotatable bonds is 1. The van der Waals surface area contributed by atoms with Gasteiger partial charge in [-0.1, -0.05) is 6.04 Å². The van der Waals surface area contributed by atoms with Crippen molar-refractivity contribution in [1.29, 1.82) is 0 Å². The molecule has 6 nitrogen and oxygen atoms in total. The van der Waals surface area contributed by atoms with Crippen molar-refractivity contribution < 1.29 is 17.8 Å². The van der Waals surface area contributed by atoms with Crippen LogP contribution in [-0.4, -0.2) is 21.1 Å². The van der Waals surface area contributed by atoms with Crippen LogP contribution in [0.3, 0.4) is 0 Å². The normalized spacial score (nSPS) is 29.1. The van der Waals surface area contributed by atoms with Crippen molar-refractivity contribution >= 4 is 28.2 Å². The Balaban J connectivity index is 2.41. The molecule has 1 atom stereocenters. The van der Waals surface area contributed by atoms with E-state index in [1.54, 1.807) is 0 Å². The summed E-state index contributed by atoms with van der Waals surface area (Å²) in [5.41, 5.74) is 4.40. The minimum atomic E-state index is -2.50. The molecule has 1 fully saturated rings. The maximum absolute atomic E-state index is 13.1. The molecule has 0 bridgehead atoms. The molecule has 0 amide bonds. The van der Waals surface area contributed by atoms with Crippen molar-refractivity contribution in [2.45, 2.75) is 32.1 Å². The van der Waals surface area contributed by atoms with Crippen LogP contribution in [0.25, 0.3) is 10.9 Å². The highest BCUT2D eigenvalue weighted by molar-refractivity contribution is 6.03. The SMILES string of the molecule is [2H]Cc1nc2c([2H])c([2H])cc(N)c2c(=O)n1C1([2H])CC([2H])([2H])C(=O)CC1=O. The first-order chi connectivity index (χ1) is 12.4. The predicted octanol–water partition coefficient (Wildman–Crippen LogP) is 1.15. The smallest absolute Gasteiger partial charge is 0.264 e. The van der Waals surface area contributed by atoms with Gasteiger partial charge in [0.2, 0.25) is 0 Å². The second-order valence-electron chi connectivity index (χ2n) is 4.58. The quantitative estimate of drug-likeness (QED) is 0.628. The molecule has 2 aromatic rings. The van der Waals surface area contributed by atoms with Crippen molar-refractivity contribution in [1.82, 2.24) is 9.55 Å². The fraction of sp³-hybridized carbons (Fsp3) is 0.333. The Kier molecular flexibility index (Phi) is 1.84. The van der Waals surface area contributed by atoms with Crippen LogP contribution in [0, 0.1) is 6.90 Å². The largest absolute Gasteiger partial charge is 0.398 e. The molecule has 0 spiro atoms. The van der Waals surface area contributed by atoms with Crippen LogP contribution in [-0.2, 0) is 9.59 Å². The van der Waals surface area contributed by atoms with E-state index < -0.39 is 55.3 Å². The lowest BCUT2D eigenvalue weighted by atomic mass is 9.92. The molecule has 1 aliphatic carbocycles. The van der Waals surface area contributed by atoms with E-state index >= 15 is 0 Å². The second-order valence-corrected chi connectivity index (χ2v) is 4.58. The lowest BCUT2D eigenvalue weighted by molar-refractivity contribution is -0.132. The third kappa shape index (κ3) is 2.12. The van der Waals surface area contributed by atoms with Gasteiger partial charge in [0.1, 0.15) is 11.6 Å². The predicted molar refractivity (Wildman–Crippen MR) is 78.1 cm³/mol. The number of carbonyl (C=O) groups excluding carboxylic acids is 2. The summed E-state index contributed by atoms with van der Waals surface area (Å²) < 4.78 is 47.9. The Bertz CT molecular complexity index is 1070. The summed E-state index contributed by atoms with van der Waals surface area (Å²) in [5, 5.41) is -0.287. The molecule has 1 aromatic heterocycles. The van der Waals surface area contributed by atoms with Crippen molar-refractivity contribution in [3.8, 4) is 0 Å². The number of aromatic nitrogens is 2. The number of Topliss-reactive ketones (excluding diaryl/α,β-unsaturated/α-hetero) is 2. The minimum absolute atomic E-state index is 0.181. The van der Waals surface area contributed by atoms with Gasteiger partial charge in [-0.25, -0.2) is 4.98 Å². The lowest BCUT2D eigenvalue weighted by Crippen LogP contribution is -2.36. The number of nitrogens with two attached hydrogens (primary N) is 1. The molecule has 0 aliphatic heterocycles. The summed E-state index contributed by atoms with van der Waals surface area (Å²) in [5.74, 6) is -2.31. The Hall–Kier alpha value is -2.50. The maximum Gasteiger partial charge on any atom is 0.264 e. The van der Waals surface area contributed by atoms with Crippen molar-refractivity contribution in [2.24, 2.45) is 0 Å². The molecule has 108 valence electrons. The van der Waals surface area contributed by atoms with E-state index in [0.29, 0.717) is 4.57 Å². The van der Waals surface area contributed by atoms with E-state index in [1.807, 2.05) is 0 Å². The van der Waals surface area contributed by atoms with Crippen LogP contribution in [0.2, 0.25) is 0 Å². The summed E-state index contributed by atoms with van der Waals surface area (Å²) in [6.45, 7) is -0.641. The zero-order valence-corrected chi connectivity index (χ0v) is 10.9. The highest BCUT2D eigenvalue weighted by Crippen LogP contribution is 2.24. The standard InChI is InChI=1S/C15H15N3O3/c1-8-17-11-4-2-3-10(16)14(11)15(21)18(8)12-6-5-9(19)7-13(12)20/h2-4,12H,5-7,16H2,1H3/i1D,2D,4D,5D2,12D. The first kappa shape index (κ1) is 8.07. The summed E-state index contributed by atoms with van der Waals surface area (Å²) >= 11 is 0. The second kappa shape index (κ2) is 4.80. The van der Waals surface area contributed by atoms with Gasteiger partial charge in [-0.15, -0.1) is 0 Å². The molecule has 1 aromatic carbocycles. The number of nitrogen functional groups attached to an aromatic ring is 1. The van der Waals surface area contributed by atoms with Gasteiger partial charge in [0.05, 0.1) is 27.5 Å². The van der Waals surface area contributed by atoms with E-state index in [9.17, 15) is 14.4 Å². The third-order valence-corrected chi connectivity index (χ3v) is 3.23. The van der Waals surface area contributed by atoms with Gasteiger partial charge in [0.25, 0.3) is 5.56 Å². The maximum atomic E-state index is 13.1. The van der Waals surface area contributed by atoms with Crippen molar-refractivity contribution in [3.05, 3.63) is 34.3 Å². The van der Waals surface area contributed by atoms with Crippen LogP contribution < -0.4 is 11.3 Å². The van der Waals surface area contributed by atoms with Crippen LogP contribution >= 0.6 is 0 Å². The molecule has 2 N–H and O–H groups in total. The summed E-state index contributed by atoms with van der Waals surface area (Å²) in [4.78, 5) is 41.3. The zero-order valence-electron chi connectivity index (χ0n) is 16.9. The Morgan fingerprint density at radius 2 is 2.38 bits per heavy atom. The van der Waals surface area contributed by atoms with E-state index in [0.717, 1.165) is 6.07 Å². The molecule has 0 saturated heterocycles. The molecule has 1 unspecified atom stereocenters. The molecule has 21 heavy (non-hydrogen) atoms. The minimum Gasteiger partial charge on any atom is -0.398 e. The molecule has 0 radical (unpaired) electrons. The van der Waals surface area contributed by atoms with E-state index in [4.69, 9.17) is 14.0 Å². The van der Waals surface area contributed by atoms with E-state index in [-0.39, 0.29) is 28.5 Å². The van der Waals surface area contributed by atoms with Gasteiger partial charge >= 0.3 is 0 Å². The topological polar surface area (TPSA) is 95.0 Å². The lowest BCUT2D eigenvalue weighted by Gasteiger charge is -2.24. The fourth-order valence-corrected chi connectivity index (χ4v) is 2.24. The monoisotopic (exact) mass is 291 g/mol. The van der Waals surface area contributed by atoms with E-state index in [1.165, 1.54) is 0 Å². The number of ketones is 2. The van der Waals surface area contributed by atoms with Gasteiger partial charge in [-0.2, -0.15) is 0 Å². The zero-order chi connectivity index (χ0) is 20.3. The van der Waals surface area contributed by atoms with Gasteiger partial charge in [-0.3, -0.25) is 19.0 Å². The Morgan fingerprint density at radius 1 is 1.57 bits per heavy atom. The molecule has 3 rings (SSSR count). The number of nitrogens with zero attached hydrogens (tertiary/aromatic N) is 2. The number of anilines is 1. The van der Waals surface area contributed by atoms with E-state index in [2.05, 4.69) is 4.98 Å². The number of carbonyl (C=O) groups is 2. The van der Waals surface area contributed by atoms with Crippen LogP contribution in [0.5, 0.6) is 0 Å². The fourth-order valence-electron chi connectivity index (χ4n) is 2.24. The number of hydrogen-bond donors (Lipinski definition) is 1. The van der Waals surface area contributed by atoms with Crippen LogP contribution in [0.15, 0.2) is 22.9 Å². The molecule has 6 heteroatoms. The van der Waals surface area contributed by atoms with Gasteiger partial charge in [0.15, 0.2) is 5.78 Å². The van der Waals surface area contributed by atoms with Gasteiger partial charge in [0, 0.05) is 16.2 Å². The average molecular weight is 291 g/mol. The summed E-state index contributed by atoms with van der Waals surface area (Å²) in [6.07, 6.45) is -4.26. The highest BCUT2D eigenvalue weighted by Gasteiger charge is 2.30. The van der Waals surface area contributed by atoms with Crippen LogP contribution in [0.1, 0.15) is 39.3 Å². The number of benzene rings is 1. The molecular formula is C15H15N3O3. The Labute approximate surface area is 129 Å². The van der Waals surface area contributed by atoms with Gasteiger partial charge < -0.3 is 5.73 Å². The summed E-state index contributed by atoms with van der Waals surface area (Å²) in [6, 6.07) is -2.07. The number of hydrogen-bond acceptors (Lipinski definition) is 5. The molecular weight excluding hydrogens is 270 g/mol. The Morgan fingerprint density at radius 3 is 3.14 bits per heavy atom. The number of fused-ring (bicyclic) bond motifs is 1. The molecule has 1 heterocycles. The number of aryl methyl sites for hydroxylation is 1.